The maximum absolute atomic E-state index is 5.55. The molecular weight excluding hydrogens is 218 g/mol. The molecule has 2 heterocycles. The second-order valence-electron chi connectivity index (χ2n) is 3.98. The number of rotatable bonds is 2. The summed E-state index contributed by atoms with van der Waals surface area (Å²) in [5.74, 6) is 1.92. The summed E-state index contributed by atoms with van der Waals surface area (Å²) >= 11 is 0. The molecule has 2 N–H and O–H groups in total. The molecule has 88 valence electrons. The summed E-state index contributed by atoms with van der Waals surface area (Å²) in [7, 11) is 0. The molecular formula is C12H13N3O2. The van der Waals surface area contributed by atoms with E-state index in [0.717, 1.165) is 30.8 Å². The van der Waals surface area contributed by atoms with Crippen molar-refractivity contribution in [3.8, 4) is 17.2 Å². The van der Waals surface area contributed by atoms with Gasteiger partial charge in [0.1, 0.15) is 5.75 Å². The highest BCUT2D eigenvalue weighted by Gasteiger charge is 2.13. The van der Waals surface area contributed by atoms with Crippen molar-refractivity contribution in [2.75, 3.05) is 6.61 Å². The first-order valence-corrected chi connectivity index (χ1v) is 5.65. The van der Waals surface area contributed by atoms with Gasteiger partial charge in [0.25, 0.3) is 0 Å². The quantitative estimate of drug-likeness (QED) is 0.848. The molecule has 1 aromatic heterocycles. The number of benzene rings is 1. The first-order valence-electron chi connectivity index (χ1n) is 5.65. The van der Waals surface area contributed by atoms with Crippen molar-refractivity contribution in [3.05, 3.63) is 29.7 Å². The van der Waals surface area contributed by atoms with Crippen LogP contribution in [0.3, 0.4) is 0 Å². The lowest BCUT2D eigenvalue weighted by molar-refractivity contribution is 0.288. The lowest BCUT2D eigenvalue weighted by atomic mass is 10.0. The maximum atomic E-state index is 5.55. The van der Waals surface area contributed by atoms with Crippen LogP contribution in [0.25, 0.3) is 11.5 Å². The molecule has 0 aliphatic carbocycles. The Morgan fingerprint density at radius 2 is 2.24 bits per heavy atom. The Morgan fingerprint density at radius 1 is 1.29 bits per heavy atom. The first kappa shape index (κ1) is 10.3. The molecule has 2 aromatic rings. The number of nitrogens with two attached hydrogens (primary N) is 1. The largest absolute Gasteiger partial charge is 0.493 e. The summed E-state index contributed by atoms with van der Waals surface area (Å²) in [5.41, 5.74) is 7.55. The third-order valence-electron chi connectivity index (χ3n) is 2.80. The summed E-state index contributed by atoms with van der Waals surface area (Å²) < 4.78 is 11.0. The van der Waals surface area contributed by atoms with E-state index in [1.54, 1.807) is 0 Å². The second-order valence-corrected chi connectivity index (χ2v) is 3.98. The number of hydrogen-bond donors (Lipinski definition) is 1. The van der Waals surface area contributed by atoms with Crippen molar-refractivity contribution in [1.82, 2.24) is 10.2 Å². The minimum Gasteiger partial charge on any atom is -0.493 e. The van der Waals surface area contributed by atoms with Crippen LogP contribution >= 0.6 is 0 Å². The molecule has 5 nitrogen and oxygen atoms in total. The van der Waals surface area contributed by atoms with Crippen LogP contribution in [0.5, 0.6) is 5.75 Å². The van der Waals surface area contributed by atoms with Crippen LogP contribution in [0, 0.1) is 0 Å². The van der Waals surface area contributed by atoms with Crippen molar-refractivity contribution in [2.45, 2.75) is 19.4 Å². The summed E-state index contributed by atoms with van der Waals surface area (Å²) in [5, 5.41) is 7.82. The summed E-state index contributed by atoms with van der Waals surface area (Å²) in [6, 6.07) is 5.93. The smallest absolute Gasteiger partial charge is 0.247 e. The molecule has 1 aromatic carbocycles. The zero-order chi connectivity index (χ0) is 11.7. The van der Waals surface area contributed by atoms with Gasteiger partial charge in [0, 0.05) is 5.56 Å². The van der Waals surface area contributed by atoms with Crippen molar-refractivity contribution < 1.29 is 9.15 Å². The Hall–Kier alpha value is -1.88. The molecule has 0 spiro atoms. The minimum atomic E-state index is 0.265. The average molecular weight is 231 g/mol. The minimum absolute atomic E-state index is 0.265. The number of aryl methyl sites for hydroxylation is 1. The fraction of sp³-hybridized carbons (Fsp3) is 0.333. The molecule has 0 saturated heterocycles. The first-order chi connectivity index (χ1) is 8.36. The highest BCUT2D eigenvalue weighted by molar-refractivity contribution is 5.57. The third kappa shape index (κ3) is 1.89. The van der Waals surface area contributed by atoms with E-state index < -0.39 is 0 Å². The second kappa shape index (κ2) is 4.18. The van der Waals surface area contributed by atoms with Crippen LogP contribution in [-0.4, -0.2) is 16.8 Å². The summed E-state index contributed by atoms with van der Waals surface area (Å²) in [4.78, 5) is 0. The van der Waals surface area contributed by atoms with Crippen LogP contribution < -0.4 is 10.5 Å². The summed E-state index contributed by atoms with van der Waals surface area (Å²) in [6.07, 6.45) is 2.08. The molecule has 0 radical (unpaired) electrons. The summed E-state index contributed by atoms with van der Waals surface area (Å²) in [6.45, 7) is 1.06. The maximum Gasteiger partial charge on any atom is 0.247 e. The molecule has 1 aliphatic heterocycles. The van der Waals surface area contributed by atoms with Gasteiger partial charge in [-0.3, -0.25) is 0 Å². The number of aromatic nitrogens is 2. The molecule has 0 bridgehead atoms. The monoisotopic (exact) mass is 231 g/mol. The number of nitrogens with zero attached hydrogens (tertiary/aromatic N) is 2. The van der Waals surface area contributed by atoms with E-state index in [1.165, 1.54) is 5.56 Å². The molecule has 1 aliphatic rings. The van der Waals surface area contributed by atoms with E-state index >= 15 is 0 Å². The normalized spacial score (nSPS) is 14.2. The van der Waals surface area contributed by atoms with Crippen LogP contribution in [0.2, 0.25) is 0 Å². The Kier molecular flexibility index (Phi) is 2.53. The van der Waals surface area contributed by atoms with Crippen molar-refractivity contribution >= 4 is 0 Å². The van der Waals surface area contributed by atoms with Crippen molar-refractivity contribution in [3.63, 3.8) is 0 Å². The SMILES string of the molecule is NCc1nnc(-c2ccc3c(c2)CCCO3)o1. The van der Waals surface area contributed by atoms with Gasteiger partial charge in [-0.1, -0.05) is 0 Å². The van der Waals surface area contributed by atoms with Gasteiger partial charge in [0.05, 0.1) is 13.2 Å². The fourth-order valence-electron chi connectivity index (χ4n) is 1.95. The highest BCUT2D eigenvalue weighted by atomic mass is 16.5. The van der Waals surface area contributed by atoms with E-state index in [-0.39, 0.29) is 6.54 Å². The van der Waals surface area contributed by atoms with Gasteiger partial charge in [-0.05, 0) is 36.6 Å². The molecule has 0 saturated carbocycles. The Labute approximate surface area is 98.6 Å². The van der Waals surface area contributed by atoms with Crippen molar-refractivity contribution in [1.29, 1.82) is 0 Å². The van der Waals surface area contributed by atoms with Crippen LogP contribution in [0.15, 0.2) is 22.6 Å². The Bertz CT molecular complexity index is 536. The predicted octanol–water partition coefficient (Wildman–Crippen LogP) is 1.52. The molecule has 3 rings (SSSR count). The molecule has 0 fully saturated rings. The highest BCUT2D eigenvalue weighted by Crippen LogP contribution is 2.29. The van der Waals surface area contributed by atoms with Gasteiger partial charge in [-0.25, -0.2) is 0 Å². The third-order valence-corrected chi connectivity index (χ3v) is 2.80. The molecule has 0 unspecified atom stereocenters. The number of ether oxygens (including phenoxy) is 1. The lowest BCUT2D eigenvalue weighted by Gasteiger charge is -2.17. The Morgan fingerprint density at radius 3 is 3.06 bits per heavy atom. The van der Waals surface area contributed by atoms with Gasteiger partial charge in [0.2, 0.25) is 11.8 Å². The van der Waals surface area contributed by atoms with Crippen molar-refractivity contribution in [2.24, 2.45) is 5.73 Å². The topological polar surface area (TPSA) is 74.2 Å². The van der Waals surface area contributed by atoms with Gasteiger partial charge in [-0.15, -0.1) is 10.2 Å². The zero-order valence-corrected chi connectivity index (χ0v) is 9.35. The van der Waals surface area contributed by atoms with E-state index in [4.69, 9.17) is 14.9 Å². The molecule has 5 heteroatoms. The number of hydrogen-bond acceptors (Lipinski definition) is 5. The predicted molar refractivity (Wildman–Crippen MR) is 61.4 cm³/mol. The van der Waals surface area contributed by atoms with Crippen LogP contribution in [-0.2, 0) is 13.0 Å². The van der Waals surface area contributed by atoms with E-state index in [0.29, 0.717) is 11.8 Å². The van der Waals surface area contributed by atoms with Gasteiger partial charge >= 0.3 is 0 Å². The molecule has 0 amide bonds. The van der Waals surface area contributed by atoms with Crippen LogP contribution in [0.1, 0.15) is 17.9 Å². The molecule has 17 heavy (non-hydrogen) atoms. The van der Waals surface area contributed by atoms with E-state index in [1.807, 2.05) is 18.2 Å². The lowest BCUT2D eigenvalue weighted by Crippen LogP contribution is -2.08. The van der Waals surface area contributed by atoms with Gasteiger partial charge in [-0.2, -0.15) is 0 Å². The fourth-order valence-corrected chi connectivity index (χ4v) is 1.95. The van der Waals surface area contributed by atoms with E-state index in [2.05, 4.69) is 10.2 Å². The average Bonchev–Trinajstić information content (AvgIpc) is 2.87. The van der Waals surface area contributed by atoms with E-state index in [9.17, 15) is 0 Å². The standard InChI is InChI=1S/C12H13N3O2/c13-7-11-14-15-12(17-11)9-3-4-10-8(6-9)2-1-5-16-10/h3-4,6H,1-2,5,7,13H2. The van der Waals surface area contributed by atoms with Gasteiger partial charge < -0.3 is 14.9 Å². The van der Waals surface area contributed by atoms with Gasteiger partial charge in [0.15, 0.2) is 0 Å². The zero-order valence-electron chi connectivity index (χ0n) is 9.35. The number of fused-ring (bicyclic) bond motifs is 1. The van der Waals surface area contributed by atoms with Crippen LogP contribution in [0.4, 0.5) is 0 Å². The Balaban J connectivity index is 1.97. The molecule has 0 atom stereocenters.